The van der Waals surface area contributed by atoms with Gasteiger partial charge in [-0.25, -0.2) is 12.7 Å². The molecule has 1 aromatic carbocycles. The van der Waals surface area contributed by atoms with Gasteiger partial charge >= 0.3 is 0 Å². The summed E-state index contributed by atoms with van der Waals surface area (Å²) in [5.41, 5.74) is 1.17. The fourth-order valence-corrected chi connectivity index (χ4v) is 3.45. The Kier molecular flexibility index (Phi) is 11.0. The maximum absolute atomic E-state index is 11.6. The van der Waals surface area contributed by atoms with Crippen molar-refractivity contribution in [1.29, 1.82) is 0 Å². The summed E-state index contributed by atoms with van der Waals surface area (Å²) in [6.07, 6.45) is 1.96. The lowest BCUT2D eigenvalue weighted by molar-refractivity contribution is 0.0931. The Hall–Kier alpha value is -1.64. The van der Waals surface area contributed by atoms with E-state index in [1.807, 2.05) is 25.1 Å². The number of nitrogens with one attached hydrogen (secondary N) is 2. The molecule has 1 unspecified atom stereocenters. The number of guanidine groups is 1. The first-order valence-corrected chi connectivity index (χ1v) is 11.2. The molecule has 0 heterocycles. The van der Waals surface area contributed by atoms with Crippen LogP contribution in [-0.2, 0) is 21.4 Å². The molecule has 1 atom stereocenters. The van der Waals surface area contributed by atoms with Crippen molar-refractivity contribution in [2.45, 2.75) is 26.9 Å². The molecule has 0 aliphatic rings. The summed E-state index contributed by atoms with van der Waals surface area (Å²) < 4.78 is 30.3. The molecule has 0 aliphatic carbocycles. The minimum atomic E-state index is -3.13. The lowest BCUT2D eigenvalue weighted by Crippen LogP contribution is -2.41. The van der Waals surface area contributed by atoms with Gasteiger partial charge in [-0.1, -0.05) is 44.2 Å². The predicted octanol–water partition coefficient (Wildman–Crippen LogP) is 1.68. The Balaban J connectivity index is 2.19. The van der Waals surface area contributed by atoms with Crippen molar-refractivity contribution in [2.75, 3.05) is 46.1 Å². The van der Waals surface area contributed by atoms with Crippen molar-refractivity contribution >= 4 is 16.0 Å². The van der Waals surface area contributed by atoms with E-state index in [-0.39, 0.29) is 0 Å². The summed E-state index contributed by atoms with van der Waals surface area (Å²) in [5, 5.41) is 6.49. The highest BCUT2D eigenvalue weighted by Crippen LogP contribution is 2.03. The molecule has 0 aliphatic heterocycles. The van der Waals surface area contributed by atoms with Gasteiger partial charge in [0.1, 0.15) is 0 Å². The second-order valence-electron chi connectivity index (χ2n) is 6.59. The van der Waals surface area contributed by atoms with Crippen LogP contribution in [0.1, 0.15) is 25.8 Å². The third-order valence-electron chi connectivity index (χ3n) is 4.05. The number of rotatable bonds is 12. The van der Waals surface area contributed by atoms with E-state index in [0.717, 1.165) is 13.0 Å². The van der Waals surface area contributed by atoms with Crippen molar-refractivity contribution in [2.24, 2.45) is 10.9 Å². The molecule has 0 saturated heterocycles. The molecule has 0 radical (unpaired) electrons. The number of nitrogens with zero attached hydrogens (tertiary/aromatic N) is 2. The Morgan fingerprint density at radius 3 is 2.56 bits per heavy atom. The van der Waals surface area contributed by atoms with Gasteiger partial charge in [0.15, 0.2) is 5.96 Å². The number of hydrogen-bond acceptors (Lipinski definition) is 4. The highest BCUT2D eigenvalue weighted by molar-refractivity contribution is 7.88. The van der Waals surface area contributed by atoms with Crippen molar-refractivity contribution < 1.29 is 13.2 Å². The second-order valence-corrected chi connectivity index (χ2v) is 8.58. The summed E-state index contributed by atoms with van der Waals surface area (Å²) in [6, 6.07) is 10.1. The SMILES string of the molecule is CCN(CCCNC(=NC)NCC(C)COCc1ccccc1)S(C)(=O)=O. The van der Waals surface area contributed by atoms with E-state index in [0.29, 0.717) is 44.7 Å². The maximum Gasteiger partial charge on any atom is 0.211 e. The molecule has 0 bridgehead atoms. The maximum atomic E-state index is 11.6. The first-order chi connectivity index (χ1) is 12.9. The van der Waals surface area contributed by atoms with Crippen LogP contribution in [-0.4, -0.2) is 64.8 Å². The number of sulfonamides is 1. The normalized spacial score (nSPS) is 13.6. The van der Waals surface area contributed by atoms with E-state index in [4.69, 9.17) is 4.74 Å². The molecule has 0 spiro atoms. The van der Waals surface area contributed by atoms with Crippen LogP contribution in [0.25, 0.3) is 0 Å². The molecule has 27 heavy (non-hydrogen) atoms. The van der Waals surface area contributed by atoms with Crippen LogP contribution in [0.15, 0.2) is 35.3 Å². The summed E-state index contributed by atoms with van der Waals surface area (Å²) in [7, 11) is -1.40. The number of hydrogen-bond donors (Lipinski definition) is 2. The number of aliphatic imine (C=N–C) groups is 1. The highest BCUT2D eigenvalue weighted by Gasteiger charge is 2.13. The van der Waals surface area contributed by atoms with E-state index in [2.05, 4.69) is 34.7 Å². The van der Waals surface area contributed by atoms with Crippen molar-refractivity contribution in [3.05, 3.63) is 35.9 Å². The molecule has 0 aromatic heterocycles. The van der Waals surface area contributed by atoms with Crippen LogP contribution in [0, 0.1) is 5.92 Å². The summed E-state index contributed by atoms with van der Waals surface area (Å²) in [6.45, 7) is 7.65. The zero-order chi connectivity index (χ0) is 20.1. The Morgan fingerprint density at radius 2 is 1.96 bits per heavy atom. The molecule has 2 N–H and O–H groups in total. The standard InChI is InChI=1S/C19H34N4O3S/c1-5-23(27(4,24)25)13-9-12-21-19(20-3)22-14-17(2)15-26-16-18-10-7-6-8-11-18/h6-8,10-11,17H,5,9,12-16H2,1-4H3,(H2,20,21,22). The molecule has 8 heteroatoms. The first-order valence-electron chi connectivity index (χ1n) is 9.38. The largest absolute Gasteiger partial charge is 0.376 e. The summed E-state index contributed by atoms with van der Waals surface area (Å²) in [4.78, 5) is 4.20. The summed E-state index contributed by atoms with van der Waals surface area (Å²) in [5.74, 6) is 1.06. The predicted molar refractivity (Wildman–Crippen MR) is 111 cm³/mol. The van der Waals surface area contributed by atoms with Gasteiger partial charge in [-0.2, -0.15) is 0 Å². The highest BCUT2D eigenvalue weighted by atomic mass is 32.2. The molecule has 7 nitrogen and oxygen atoms in total. The van der Waals surface area contributed by atoms with E-state index in [9.17, 15) is 8.42 Å². The number of ether oxygens (including phenoxy) is 1. The second kappa shape index (κ2) is 12.7. The van der Waals surface area contributed by atoms with Gasteiger partial charge in [-0.3, -0.25) is 4.99 Å². The molecule has 0 fully saturated rings. The third-order valence-corrected chi connectivity index (χ3v) is 5.43. The monoisotopic (exact) mass is 398 g/mol. The van der Waals surface area contributed by atoms with Crippen molar-refractivity contribution in [1.82, 2.24) is 14.9 Å². The van der Waals surface area contributed by atoms with Gasteiger partial charge in [0.05, 0.1) is 19.5 Å². The first kappa shape index (κ1) is 23.4. The van der Waals surface area contributed by atoms with Gasteiger partial charge in [-0.05, 0) is 17.9 Å². The minimum absolute atomic E-state index is 0.341. The molecular weight excluding hydrogens is 364 g/mol. The molecule has 0 saturated carbocycles. The molecule has 1 aromatic rings. The zero-order valence-corrected chi connectivity index (χ0v) is 17.8. The molecule has 1 rings (SSSR count). The summed E-state index contributed by atoms with van der Waals surface area (Å²) >= 11 is 0. The van der Waals surface area contributed by atoms with Gasteiger partial charge in [-0.15, -0.1) is 0 Å². The topological polar surface area (TPSA) is 83.0 Å². The minimum Gasteiger partial charge on any atom is -0.376 e. The lowest BCUT2D eigenvalue weighted by atomic mass is 10.2. The lowest BCUT2D eigenvalue weighted by Gasteiger charge is -2.19. The Labute approximate surface area is 164 Å². The van der Waals surface area contributed by atoms with Crippen LogP contribution in [0.5, 0.6) is 0 Å². The molecule has 154 valence electrons. The zero-order valence-electron chi connectivity index (χ0n) is 16.9. The van der Waals surface area contributed by atoms with E-state index in [1.165, 1.54) is 16.1 Å². The van der Waals surface area contributed by atoms with E-state index >= 15 is 0 Å². The van der Waals surface area contributed by atoms with Crippen LogP contribution in [0.4, 0.5) is 0 Å². The van der Waals surface area contributed by atoms with Gasteiger partial charge in [0, 0.05) is 33.2 Å². The van der Waals surface area contributed by atoms with Crippen LogP contribution in [0.3, 0.4) is 0 Å². The third kappa shape index (κ3) is 10.3. The average molecular weight is 399 g/mol. The van der Waals surface area contributed by atoms with Gasteiger partial charge in [0.2, 0.25) is 10.0 Å². The van der Waals surface area contributed by atoms with Gasteiger partial charge in [0.25, 0.3) is 0 Å². The quantitative estimate of drug-likeness (QED) is 0.318. The van der Waals surface area contributed by atoms with Gasteiger partial charge < -0.3 is 15.4 Å². The van der Waals surface area contributed by atoms with E-state index < -0.39 is 10.0 Å². The Bertz CT molecular complexity index is 650. The number of benzene rings is 1. The fraction of sp³-hybridized carbons (Fsp3) is 0.632. The van der Waals surface area contributed by atoms with E-state index in [1.54, 1.807) is 7.05 Å². The van der Waals surface area contributed by atoms with Crippen LogP contribution >= 0.6 is 0 Å². The van der Waals surface area contributed by atoms with Crippen LogP contribution < -0.4 is 10.6 Å². The molecule has 0 amide bonds. The smallest absolute Gasteiger partial charge is 0.211 e. The Morgan fingerprint density at radius 1 is 1.26 bits per heavy atom. The van der Waals surface area contributed by atoms with Crippen molar-refractivity contribution in [3.63, 3.8) is 0 Å². The fourth-order valence-electron chi connectivity index (χ4n) is 2.52. The average Bonchev–Trinajstić information content (AvgIpc) is 2.64. The van der Waals surface area contributed by atoms with Crippen LogP contribution in [0.2, 0.25) is 0 Å². The molecular formula is C19H34N4O3S. The van der Waals surface area contributed by atoms with Crippen molar-refractivity contribution in [3.8, 4) is 0 Å².